The Bertz CT molecular complexity index is 458. The predicted molar refractivity (Wildman–Crippen MR) is 95.0 cm³/mol. The van der Waals surface area contributed by atoms with Gasteiger partial charge in [-0.1, -0.05) is 0 Å². The molecule has 6 heteroatoms. The molecular weight excluding hydrogens is 340 g/mol. The fourth-order valence-electron chi connectivity index (χ4n) is 2.53. The van der Waals surface area contributed by atoms with Crippen LogP contribution in [0.3, 0.4) is 0 Å². The topological polar surface area (TPSA) is 43.0 Å². The molecule has 0 saturated heterocycles. The Kier molecular flexibility index (Phi) is 10.5. The van der Waals surface area contributed by atoms with Gasteiger partial charge in [0.2, 0.25) is 0 Å². The Morgan fingerprint density at radius 1 is 1.08 bits per heavy atom. The van der Waals surface area contributed by atoms with Crippen molar-refractivity contribution in [1.82, 2.24) is 10.2 Å². The number of benzene rings is 1. The summed E-state index contributed by atoms with van der Waals surface area (Å²) in [6.45, 7) is 9.83. The summed E-state index contributed by atoms with van der Waals surface area (Å²) in [6.07, 6.45) is 0.987. The van der Waals surface area contributed by atoms with Crippen LogP contribution < -0.4 is 5.32 Å². The van der Waals surface area contributed by atoms with E-state index in [1.165, 1.54) is 5.56 Å². The first-order chi connectivity index (χ1) is 11.6. The van der Waals surface area contributed by atoms with Crippen LogP contribution in [0.5, 0.6) is 0 Å². The van der Waals surface area contributed by atoms with Crippen molar-refractivity contribution in [3.8, 4) is 0 Å². The predicted octanol–water partition coefficient (Wildman–Crippen LogP) is 3.26. The van der Waals surface area contributed by atoms with E-state index in [1.807, 2.05) is 6.07 Å². The molecule has 0 saturated carbocycles. The van der Waals surface area contributed by atoms with Crippen LogP contribution >= 0.6 is 0 Å². The van der Waals surface area contributed by atoms with Crippen LogP contribution in [0.1, 0.15) is 18.9 Å². The zero-order chi connectivity index (χ0) is 17.8. The molecule has 0 aliphatic heterocycles. The van der Waals surface area contributed by atoms with Crippen molar-refractivity contribution in [3.05, 3.63) is 48.2 Å². The third-order valence-corrected chi connectivity index (χ3v) is 8.51. The molecule has 24 heavy (non-hydrogen) atoms. The first-order valence-corrected chi connectivity index (χ1v) is 11.4. The zero-order valence-corrected chi connectivity index (χ0v) is 17.1. The van der Waals surface area contributed by atoms with E-state index >= 15 is 0 Å². The van der Waals surface area contributed by atoms with Crippen molar-refractivity contribution in [2.75, 3.05) is 41.0 Å². The molecule has 0 radical (unpaired) electrons. The standard InChI is InChI=1S/C15H23N2.3CH3O.Ti/c1-4-10-16-11-12-17(14(2)3)13-15-8-6-5-7-9-15;3*1-2;/h5-9,16H,1-2,4,10-13H2,3H3;3*1H3;/q;3*-1;+3. The third-order valence-electron chi connectivity index (χ3n) is 4.08. The fourth-order valence-corrected chi connectivity index (χ4v) is 5.22. The molecule has 0 fully saturated rings. The van der Waals surface area contributed by atoms with E-state index in [1.54, 1.807) is 21.3 Å². The minimum absolute atomic E-state index is 0.866. The normalized spacial score (nSPS) is 11.5. The van der Waals surface area contributed by atoms with Crippen LogP contribution in [0.4, 0.5) is 0 Å². The Labute approximate surface area is 151 Å². The average molecular weight is 372 g/mol. The molecule has 1 rings (SSSR count). The first kappa shape index (κ1) is 21.4. The second-order valence-corrected chi connectivity index (χ2v) is 10.6. The fraction of sp³-hybridized carbons (Fsp3) is 0.556. The maximum absolute atomic E-state index is 5.47. The number of hydrogen-bond donors (Lipinski definition) is 1. The molecule has 0 unspecified atom stereocenters. The molecular formula is C18H32N2O3Ti. The van der Waals surface area contributed by atoms with Crippen LogP contribution in [-0.4, -0.2) is 45.9 Å². The molecule has 0 bridgehead atoms. The van der Waals surface area contributed by atoms with Crippen LogP contribution in [0.2, 0.25) is 4.73 Å². The molecule has 1 aromatic rings. The van der Waals surface area contributed by atoms with Gasteiger partial charge in [0.15, 0.2) is 0 Å². The monoisotopic (exact) mass is 372 g/mol. The van der Waals surface area contributed by atoms with Crippen molar-refractivity contribution < 1.29 is 27.7 Å². The van der Waals surface area contributed by atoms with Gasteiger partial charge in [0.1, 0.15) is 0 Å². The van der Waals surface area contributed by atoms with Gasteiger partial charge in [0, 0.05) is 0 Å². The van der Waals surface area contributed by atoms with Gasteiger partial charge in [0.05, 0.1) is 0 Å². The molecule has 0 aliphatic carbocycles. The molecule has 0 heterocycles. The van der Waals surface area contributed by atoms with E-state index in [4.69, 9.17) is 9.96 Å². The Morgan fingerprint density at radius 3 is 2.25 bits per heavy atom. The second-order valence-electron chi connectivity index (χ2n) is 5.79. The molecule has 1 N–H and O–H groups in total. The van der Waals surface area contributed by atoms with Crippen LogP contribution in [0.25, 0.3) is 0 Å². The van der Waals surface area contributed by atoms with E-state index in [0.717, 1.165) is 43.0 Å². The third kappa shape index (κ3) is 7.47. The van der Waals surface area contributed by atoms with Crippen molar-refractivity contribution in [3.63, 3.8) is 0 Å². The van der Waals surface area contributed by atoms with Crippen LogP contribution in [0.15, 0.2) is 42.6 Å². The van der Waals surface area contributed by atoms with Gasteiger partial charge >= 0.3 is 152 Å². The van der Waals surface area contributed by atoms with Gasteiger partial charge in [-0.3, -0.25) is 0 Å². The van der Waals surface area contributed by atoms with Crippen molar-refractivity contribution in [2.24, 2.45) is 0 Å². The Hall–Kier alpha value is -0.686. The van der Waals surface area contributed by atoms with Crippen molar-refractivity contribution in [2.45, 2.75) is 24.6 Å². The molecule has 0 spiro atoms. The Balaban J connectivity index is 2.28. The van der Waals surface area contributed by atoms with Gasteiger partial charge in [-0.2, -0.15) is 0 Å². The summed E-state index contributed by atoms with van der Waals surface area (Å²) >= 11 is -2.96. The zero-order valence-electron chi connectivity index (χ0n) is 15.5. The van der Waals surface area contributed by atoms with Gasteiger partial charge in [-0.25, -0.2) is 0 Å². The van der Waals surface area contributed by atoms with Crippen LogP contribution in [0, 0.1) is 0 Å². The minimum atomic E-state index is -2.96. The van der Waals surface area contributed by atoms with E-state index in [2.05, 4.69) is 48.0 Å². The summed E-state index contributed by atoms with van der Waals surface area (Å²) in [5.41, 5.74) is 2.39. The van der Waals surface area contributed by atoms with E-state index in [-0.39, 0.29) is 0 Å². The summed E-state index contributed by atoms with van der Waals surface area (Å²) in [5, 5.41) is 3.48. The summed E-state index contributed by atoms with van der Waals surface area (Å²) in [5.74, 6) is 0. The molecule has 0 amide bonds. The SMILES string of the molecule is C=C(C)N(CCNCC[CH2][Ti]([O]C)([O]C)[O]C)Cc1ccccc1. The van der Waals surface area contributed by atoms with E-state index in [0.29, 0.717) is 0 Å². The van der Waals surface area contributed by atoms with Gasteiger partial charge in [-0.05, 0) is 0 Å². The average Bonchev–Trinajstić information content (AvgIpc) is 2.61. The summed E-state index contributed by atoms with van der Waals surface area (Å²) in [6, 6.07) is 10.5. The molecule has 1 aromatic carbocycles. The number of hydrogen-bond acceptors (Lipinski definition) is 5. The van der Waals surface area contributed by atoms with Crippen molar-refractivity contribution in [1.29, 1.82) is 0 Å². The molecule has 0 aromatic heterocycles. The summed E-state index contributed by atoms with van der Waals surface area (Å²) < 4.78 is 17.3. The van der Waals surface area contributed by atoms with E-state index in [9.17, 15) is 0 Å². The van der Waals surface area contributed by atoms with E-state index < -0.39 is 17.8 Å². The van der Waals surface area contributed by atoms with Gasteiger partial charge in [-0.15, -0.1) is 0 Å². The molecule has 0 aliphatic rings. The summed E-state index contributed by atoms with van der Waals surface area (Å²) in [4.78, 5) is 2.30. The maximum atomic E-state index is 5.47. The summed E-state index contributed by atoms with van der Waals surface area (Å²) in [7, 11) is 5.03. The van der Waals surface area contributed by atoms with Crippen LogP contribution in [-0.2, 0) is 34.3 Å². The van der Waals surface area contributed by atoms with Gasteiger partial charge in [0.25, 0.3) is 0 Å². The number of allylic oxidation sites excluding steroid dienone is 1. The molecule has 5 nitrogen and oxygen atoms in total. The number of rotatable bonds is 13. The molecule has 0 atom stereocenters. The Morgan fingerprint density at radius 2 is 1.71 bits per heavy atom. The first-order valence-electron chi connectivity index (χ1n) is 8.37. The van der Waals surface area contributed by atoms with Crippen molar-refractivity contribution >= 4 is 0 Å². The number of nitrogens with one attached hydrogen (secondary N) is 1. The quantitative estimate of drug-likeness (QED) is 0.425. The number of nitrogens with zero attached hydrogens (tertiary/aromatic N) is 1. The van der Waals surface area contributed by atoms with Gasteiger partial charge < -0.3 is 0 Å². The molecule has 136 valence electrons. The second kappa shape index (κ2) is 11.8.